The van der Waals surface area contributed by atoms with Crippen LogP contribution in [-0.4, -0.2) is 63.4 Å². The number of nitrogens with zero attached hydrogens (tertiary/aromatic N) is 1. The highest BCUT2D eigenvalue weighted by Gasteiger charge is 2.33. The minimum absolute atomic E-state index is 0.102. The molecular weight excluding hydrogens is 446 g/mol. The van der Waals surface area contributed by atoms with Gasteiger partial charge in [-0.1, -0.05) is 31.5 Å². The number of carbonyl (C=O) groups is 3. The van der Waals surface area contributed by atoms with Crippen molar-refractivity contribution in [3.05, 3.63) is 29.8 Å². The molecule has 1 saturated heterocycles. The van der Waals surface area contributed by atoms with E-state index in [1.165, 1.54) is 26.2 Å². The molecule has 33 heavy (non-hydrogen) atoms. The maximum absolute atomic E-state index is 12.8. The average Bonchev–Trinajstić information content (AvgIpc) is 2.77. The SMILES string of the molecule is COC(=O)C(CC(C)C)NC(=O)C1CCN(C(=O)C(C)NS(=O)(=O)c2ccc(C)cc2)CC1. The molecule has 0 aromatic heterocycles. The van der Waals surface area contributed by atoms with E-state index < -0.39 is 28.1 Å². The van der Waals surface area contributed by atoms with Gasteiger partial charge in [0.1, 0.15) is 6.04 Å². The quantitative estimate of drug-likeness (QED) is 0.517. The van der Waals surface area contributed by atoms with Crippen LogP contribution >= 0.6 is 0 Å². The molecule has 2 rings (SSSR count). The molecule has 0 bridgehead atoms. The van der Waals surface area contributed by atoms with Crippen LogP contribution in [0.4, 0.5) is 0 Å². The molecule has 2 unspecified atom stereocenters. The summed E-state index contributed by atoms with van der Waals surface area (Å²) in [5.41, 5.74) is 0.937. The normalized spacial score (nSPS) is 16.8. The molecule has 10 heteroatoms. The van der Waals surface area contributed by atoms with Crippen molar-refractivity contribution in [1.82, 2.24) is 14.9 Å². The molecule has 184 valence electrons. The molecular formula is C23H35N3O6S. The average molecular weight is 482 g/mol. The van der Waals surface area contributed by atoms with Crippen molar-refractivity contribution in [2.24, 2.45) is 11.8 Å². The van der Waals surface area contributed by atoms with Gasteiger partial charge in [0.15, 0.2) is 0 Å². The summed E-state index contributed by atoms with van der Waals surface area (Å²) in [7, 11) is -2.53. The number of aryl methyl sites for hydroxylation is 1. The predicted molar refractivity (Wildman–Crippen MR) is 124 cm³/mol. The Bertz CT molecular complexity index is 937. The largest absolute Gasteiger partial charge is 0.467 e. The maximum atomic E-state index is 12.8. The van der Waals surface area contributed by atoms with Gasteiger partial charge in [0.25, 0.3) is 0 Å². The molecule has 1 aliphatic rings. The fourth-order valence-corrected chi connectivity index (χ4v) is 5.02. The van der Waals surface area contributed by atoms with E-state index in [2.05, 4.69) is 10.0 Å². The van der Waals surface area contributed by atoms with Gasteiger partial charge >= 0.3 is 5.97 Å². The van der Waals surface area contributed by atoms with E-state index in [4.69, 9.17) is 4.74 Å². The van der Waals surface area contributed by atoms with Crippen LogP contribution in [0.15, 0.2) is 29.2 Å². The molecule has 1 aliphatic heterocycles. The van der Waals surface area contributed by atoms with Crippen LogP contribution in [0.25, 0.3) is 0 Å². The lowest BCUT2D eigenvalue weighted by Gasteiger charge is -2.33. The Hall–Kier alpha value is -2.46. The second kappa shape index (κ2) is 11.6. The number of methoxy groups -OCH3 is 1. The predicted octanol–water partition coefficient (Wildman–Crippen LogP) is 1.60. The van der Waals surface area contributed by atoms with Crippen LogP contribution in [0.3, 0.4) is 0 Å². The van der Waals surface area contributed by atoms with Gasteiger partial charge < -0.3 is 15.0 Å². The highest BCUT2D eigenvalue weighted by Crippen LogP contribution is 2.20. The smallest absolute Gasteiger partial charge is 0.328 e. The zero-order valence-corrected chi connectivity index (χ0v) is 20.8. The third-order valence-electron chi connectivity index (χ3n) is 5.72. The number of esters is 1. The molecule has 0 spiro atoms. The first kappa shape index (κ1) is 26.8. The van der Waals surface area contributed by atoms with Crippen LogP contribution in [0.1, 0.15) is 45.6 Å². The summed E-state index contributed by atoms with van der Waals surface area (Å²) in [6, 6.07) is 4.76. The first-order valence-corrected chi connectivity index (χ1v) is 12.7. The Labute approximate surface area is 196 Å². The maximum Gasteiger partial charge on any atom is 0.328 e. The van der Waals surface area contributed by atoms with Gasteiger partial charge in [0, 0.05) is 19.0 Å². The summed E-state index contributed by atoms with van der Waals surface area (Å²) in [6.45, 7) is 7.96. The van der Waals surface area contributed by atoms with Gasteiger partial charge in [-0.2, -0.15) is 4.72 Å². The van der Waals surface area contributed by atoms with Crippen LogP contribution in [0.2, 0.25) is 0 Å². The standard InChI is InChI=1S/C23H35N3O6S/c1-15(2)14-20(23(29)32-5)24-21(27)18-10-12-26(13-11-18)22(28)17(4)25-33(30,31)19-8-6-16(3)7-9-19/h6-9,15,17-18,20,25H,10-14H2,1-5H3,(H,24,27). The van der Waals surface area contributed by atoms with E-state index in [0.717, 1.165) is 5.56 Å². The number of nitrogens with one attached hydrogen (secondary N) is 2. The highest BCUT2D eigenvalue weighted by molar-refractivity contribution is 7.89. The summed E-state index contributed by atoms with van der Waals surface area (Å²) in [5, 5.41) is 2.78. The van der Waals surface area contributed by atoms with Crippen molar-refractivity contribution in [2.75, 3.05) is 20.2 Å². The monoisotopic (exact) mass is 481 g/mol. The van der Waals surface area contributed by atoms with Gasteiger partial charge in [0.05, 0.1) is 18.0 Å². The van der Waals surface area contributed by atoms with Gasteiger partial charge in [-0.05, 0) is 51.2 Å². The fraction of sp³-hybridized carbons (Fsp3) is 0.609. The zero-order valence-electron chi connectivity index (χ0n) is 20.0. The van der Waals surface area contributed by atoms with E-state index in [9.17, 15) is 22.8 Å². The molecule has 0 radical (unpaired) electrons. The lowest BCUT2D eigenvalue weighted by molar-refractivity contribution is -0.146. The van der Waals surface area contributed by atoms with Crippen LogP contribution in [0, 0.1) is 18.8 Å². The second-order valence-corrected chi connectivity index (χ2v) is 10.7. The Balaban J connectivity index is 1.91. The number of hydrogen-bond donors (Lipinski definition) is 2. The number of rotatable bonds is 9. The van der Waals surface area contributed by atoms with E-state index >= 15 is 0 Å². The zero-order chi connectivity index (χ0) is 24.8. The van der Waals surface area contributed by atoms with Crippen molar-refractivity contribution in [2.45, 2.75) is 63.9 Å². The lowest BCUT2D eigenvalue weighted by atomic mass is 9.94. The van der Waals surface area contributed by atoms with Crippen molar-refractivity contribution >= 4 is 27.8 Å². The first-order chi connectivity index (χ1) is 15.4. The Morgan fingerprint density at radius 1 is 1.09 bits per heavy atom. The van der Waals surface area contributed by atoms with Crippen LogP contribution in [-0.2, 0) is 29.1 Å². The minimum Gasteiger partial charge on any atom is -0.467 e. The van der Waals surface area contributed by atoms with Crippen LogP contribution in [0.5, 0.6) is 0 Å². The summed E-state index contributed by atoms with van der Waals surface area (Å²) in [6.07, 6.45) is 1.35. The molecule has 1 heterocycles. The molecule has 2 N–H and O–H groups in total. The molecule has 1 fully saturated rings. The van der Waals surface area contributed by atoms with Crippen molar-refractivity contribution < 1.29 is 27.5 Å². The number of amides is 2. The molecule has 0 aliphatic carbocycles. The molecule has 1 aromatic rings. The van der Waals surface area contributed by atoms with Gasteiger partial charge in [0.2, 0.25) is 21.8 Å². The van der Waals surface area contributed by atoms with E-state index in [1.54, 1.807) is 17.0 Å². The Kier molecular flexibility index (Phi) is 9.42. The number of piperidine rings is 1. The number of benzene rings is 1. The number of sulfonamides is 1. The summed E-state index contributed by atoms with van der Waals surface area (Å²) in [4.78, 5) is 39.1. The first-order valence-electron chi connectivity index (χ1n) is 11.2. The molecule has 0 saturated carbocycles. The van der Waals surface area contributed by atoms with Gasteiger partial charge in [-0.15, -0.1) is 0 Å². The van der Waals surface area contributed by atoms with Crippen LogP contribution < -0.4 is 10.0 Å². The van der Waals surface area contributed by atoms with E-state index in [0.29, 0.717) is 32.4 Å². The molecule has 9 nitrogen and oxygen atoms in total. The molecule has 2 amide bonds. The summed E-state index contributed by atoms with van der Waals surface area (Å²) < 4.78 is 32.4. The third-order valence-corrected chi connectivity index (χ3v) is 7.28. The number of likely N-dealkylation sites (tertiary alicyclic amines) is 1. The highest BCUT2D eigenvalue weighted by atomic mass is 32.2. The Morgan fingerprint density at radius 2 is 1.67 bits per heavy atom. The van der Waals surface area contributed by atoms with Crippen molar-refractivity contribution in [3.63, 3.8) is 0 Å². The summed E-state index contributed by atoms with van der Waals surface area (Å²) >= 11 is 0. The van der Waals surface area contributed by atoms with Gasteiger partial charge in [-0.3, -0.25) is 9.59 Å². The van der Waals surface area contributed by atoms with Crippen molar-refractivity contribution in [3.8, 4) is 0 Å². The molecule has 2 atom stereocenters. The number of ether oxygens (including phenoxy) is 1. The Morgan fingerprint density at radius 3 is 2.18 bits per heavy atom. The number of hydrogen-bond acceptors (Lipinski definition) is 6. The fourth-order valence-electron chi connectivity index (χ4n) is 3.82. The summed E-state index contributed by atoms with van der Waals surface area (Å²) in [5.74, 6) is -1.16. The van der Waals surface area contributed by atoms with E-state index in [-0.39, 0.29) is 28.5 Å². The second-order valence-electron chi connectivity index (χ2n) is 8.97. The topological polar surface area (TPSA) is 122 Å². The van der Waals surface area contributed by atoms with E-state index in [1.807, 2.05) is 20.8 Å². The third kappa shape index (κ3) is 7.53. The number of carbonyl (C=O) groups excluding carboxylic acids is 3. The van der Waals surface area contributed by atoms with Gasteiger partial charge in [-0.25, -0.2) is 13.2 Å². The van der Waals surface area contributed by atoms with Crippen molar-refractivity contribution in [1.29, 1.82) is 0 Å². The molecule has 1 aromatic carbocycles. The lowest BCUT2D eigenvalue weighted by Crippen LogP contribution is -2.51. The minimum atomic E-state index is -3.82.